The van der Waals surface area contributed by atoms with Crippen LogP contribution in [0.3, 0.4) is 0 Å². The lowest BCUT2D eigenvalue weighted by molar-refractivity contribution is -0.127. The third kappa shape index (κ3) is 4.30. The van der Waals surface area contributed by atoms with E-state index >= 15 is 0 Å². The number of amides is 1. The van der Waals surface area contributed by atoms with Gasteiger partial charge < -0.3 is 11.1 Å². The van der Waals surface area contributed by atoms with Gasteiger partial charge in [-0.2, -0.15) is 0 Å². The summed E-state index contributed by atoms with van der Waals surface area (Å²) < 4.78 is 0. The molecule has 1 amide bonds. The van der Waals surface area contributed by atoms with Crippen molar-refractivity contribution in [1.29, 1.82) is 0 Å². The summed E-state index contributed by atoms with van der Waals surface area (Å²) in [5, 5.41) is 3.20. The fourth-order valence-corrected chi connectivity index (χ4v) is 2.78. The molecule has 3 unspecified atom stereocenters. The van der Waals surface area contributed by atoms with Gasteiger partial charge in [0, 0.05) is 12.0 Å². The number of nitrogens with one attached hydrogen (secondary N) is 1. The smallest absolute Gasteiger partial charge is 0.223 e. The Kier molecular flexibility index (Phi) is 5.96. The second kappa shape index (κ2) is 7.00. The summed E-state index contributed by atoms with van der Waals surface area (Å²) in [7, 11) is 0. The maximum absolute atomic E-state index is 12.2. The minimum Gasteiger partial charge on any atom is -0.353 e. The molecule has 0 aromatic rings. The van der Waals surface area contributed by atoms with Crippen LogP contribution in [-0.2, 0) is 4.79 Å². The van der Waals surface area contributed by atoms with Crippen molar-refractivity contribution in [2.45, 2.75) is 58.9 Å². The van der Waals surface area contributed by atoms with Gasteiger partial charge in [-0.3, -0.25) is 4.79 Å². The zero-order chi connectivity index (χ0) is 12.8. The van der Waals surface area contributed by atoms with E-state index in [1.807, 2.05) is 0 Å². The van der Waals surface area contributed by atoms with Gasteiger partial charge in [0.05, 0.1) is 0 Å². The topological polar surface area (TPSA) is 55.1 Å². The Bertz CT molecular complexity index is 240. The molecule has 3 atom stereocenters. The minimum atomic E-state index is 0.199. The Labute approximate surface area is 106 Å². The van der Waals surface area contributed by atoms with E-state index in [0.717, 1.165) is 32.2 Å². The molecule has 0 aliphatic heterocycles. The predicted molar refractivity (Wildman–Crippen MR) is 71.6 cm³/mol. The Morgan fingerprint density at radius 1 is 1.41 bits per heavy atom. The summed E-state index contributed by atoms with van der Waals surface area (Å²) in [6.07, 6.45) is 5.38. The van der Waals surface area contributed by atoms with Gasteiger partial charge in [-0.15, -0.1) is 0 Å². The summed E-state index contributed by atoms with van der Waals surface area (Å²) in [6, 6.07) is 0.320. The van der Waals surface area contributed by atoms with Crippen LogP contribution in [0.2, 0.25) is 0 Å². The largest absolute Gasteiger partial charge is 0.353 e. The Hall–Kier alpha value is -0.570. The average Bonchev–Trinajstić information content (AvgIpc) is 2.35. The number of hydrogen-bond donors (Lipinski definition) is 2. The lowest BCUT2D eigenvalue weighted by Gasteiger charge is -2.30. The third-order valence-corrected chi connectivity index (χ3v) is 4.06. The van der Waals surface area contributed by atoms with Gasteiger partial charge in [-0.05, 0) is 44.1 Å². The molecule has 0 bridgehead atoms. The molecule has 0 aromatic carbocycles. The van der Waals surface area contributed by atoms with Crippen molar-refractivity contribution in [3.8, 4) is 0 Å². The van der Waals surface area contributed by atoms with E-state index in [2.05, 4.69) is 26.1 Å². The van der Waals surface area contributed by atoms with Crippen molar-refractivity contribution in [2.24, 2.45) is 23.5 Å². The van der Waals surface area contributed by atoms with E-state index in [1.54, 1.807) is 0 Å². The van der Waals surface area contributed by atoms with Gasteiger partial charge in [0.1, 0.15) is 0 Å². The predicted octanol–water partition coefficient (Wildman–Crippen LogP) is 2.30. The first-order valence-electron chi connectivity index (χ1n) is 7.08. The highest BCUT2D eigenvalue weighted by Gasteiger charge is 2.27. The van der Waals surface area contributed by atoms with Crippen LogP contribution in [0, 0.1) is 17.8 Å². The maximum atomic E-state index is 12.2. The van der Waals surface area contributed by atoms with Crippen LogP contribution in [0.1, 0.15) is 52.9 Å². The number of hydrogen-bond acceptors (Lipinski definition) is 2. The van der Waals surface area contributed by atoms with Gasteiger partial charge in [0.25, 0.3) is 0 Å². The molecule has 100 valence electrons. The summed E-state index contributed by atoms with van der Waals surface area (Å²) in [6.45, 7) is 7.19. The molecule has 3 nitrogen and oxygen atoms in total. The van der Waals surface area contributed by atoms with Crippen LogP contribution in [0.15, 0.2) is 0 Å². The molecule has 3 N–H and O–H groups in total. The van der Waals surface area contributed by atoms with E-state index in [4.69, 9.17) is 5.73 Å². The van der Waals surface area contributed by atoms with Gasteiger partial charge in [-0.1, -0.05) is 27.2 Å². The second-order valence-corrected chi connectivity index (χ2v) is 5.73. The molecule has 1 saturated carbocycles. The lowest BCUT2D eigenvalue weighted by atomic mass is 9.81. The molecule has 1 fully saturated rings. The molecular weight excluding hydrogens is 212 g/mol. The number of nitrogens with two attached hydrogens (primary N) is 1. The zero-order valence-corrected chi connectivity index (χ0v) is 11.5. The molecular formula is C14H28N2O. The highest BCUT2D eigenvalue weighted by Crippen LogP contribution is 2.28. The van der Waals surface area contributed by atoms with Crippen LogP contribution in [0.25, 0.3) is 0 Å². The van der Waals surface area contributed by atoms with Crippen molar-refractivity contribution >= 4 is 5.91 Å². The van der Waals surface area contributed by atoms with Crippen LogP contribution in [-0.4, -0.2) is 18.5 Å². The minimum absolute atomic E-state index is 0.199. The van der Waals surface area contributed by atoms with E-state index in [0.29, 0.717) is 17.9 Å². The normalized spacial score (nSPS) is 26.9. The standard InChI is InChI=1S/C14H28N2O/c1-4-13(10(2)3)16-14(17)12-7-5-6-11(8-12)9-15/h10-13H,4-9,15H2,1-3H3,(H,16,17). The number of rotatable bonds is 5. The fraction of sp³-hybridized carbons (Fsp3) is 0.929. The van der Waals surface area contributed by atoms with E-state index in [9.17, 15) is 4.79 Å². The Morgan fingerprint density at radius 2 is 2.12 bits per heavy atom. The molecule has 3 heteroatoms. The van der Waals surface area contributed by atoms with Gasteiger partial charge in [0.15, 0.2) is 0 Å². The molecule has 17 heavy (non-hydrogen) atoms. The molecule has 0 heterocycles. The Morgan fingerprint density at radius 3 is 2.65 bits per heavy atom. The third-order valence-electron chi connectivity index (χ3n) is 4.06. The SMILES string of the molecule is CCC(NC(=O)C1CCCC(CN)C1)C(C)C. The van der Waals surface area contributed by atoms with E-state index < -0.39 is 0 Å². The second-order valence-electron chi connectivity index (χ2n) is 5.73. The fourth-order valence-electron chi connectivity index (χ4n) is 2.78. The van der Waals surface area contributed by atoms with Crippen LogP contribution >= 0.6 is 0 Å². The molecule has 0 saturated heterocycles. The van der Waals surface area contributed by atoms with Crippen LogP contribution < -0.4 is 11.1 Å². The zero-order valence-electron chi connectivity index (χ0n) is 11.5. The number of carbonyl (C=O) groups is 1. The summed E-state index contributed by atoms with van der Waals surface area (Å²) in [5.74, 6) is 1.52. The molecule has 0 aromatic heterocycles. The van der Waals surface area contributed by atoms with Crippen molar-refractivity contribution in [3.05, 3.63) is 0 Å². The van der Waals surface area contributed by atoms with Crippen molar-refractivity contribution in [3.63, 3.8) is 0 Å². The molecule has 1 aliphatic carbocycles. The Balaban J connectivity index is 2.46. The number of carbonyl (C=O) groups excluding carboxylic acids is 1. The van der Waals surface area contributed by atoms with E-state index in [-0.39, 0.29) is 11.8 Å². The quantitative estimate of drug-likeness (QED) is 0.774. The van der Waals surface area contributed by atoms with Gasteiger partial charge in [-0.25, -0.2) is 0 Å². The highest BCUT2D eigenvalue weighted by molar-refractivity contribution is 5.79. The maximum Gasteiger partial charge on any atom is 0.223 e. The highest BCUT2D eigenvalue weighted by atomic mass is 16.1. The van der Waals surface area contributed by atoms with Crippen molar-refractivity contribution in [2.75, 3.05) is 6.54 Å². The van der Waals surface area contributed by atoms with E-state index in [1.165, 1.54) is 6.42 Å². The van der Waals surface area contributed by atoms with Crippen molar-refractivity contribution in [1.82, 2.24) is 5.32 Å². The van der Waals surface area contributed by atoms with Crippen LogP contribution in [0.4, 0.5) is 0 Å². The summed E-state index contributed by atoms with van der Waals surface area (Å²) >= 11 is 0. The summed E-state index contributed by atoms with van der Waals surface area (Å²) in [5.41, 5.74) is 5.71. The molecule has 0 spiro atoms. The van der Waals surface area contributed by atoms with Gasteiger partial charge in [0.2, 0.25) is 5.91 Å². The van der Waals surface area contributed by atoms with Gasteiger partial charge >= 0.3 is 0 Å². The first-order chi connectivity index (χ1) is 8.08. The monoisotopic (exact) mass is 240 g/mol. The molecule has 1 rings (SSSR count). The molecule has 1 aliphatic rings. The average molecular weight is 240 g/mol. The first kappa shape index (κ1) is 14.5. The summed E-state index contributed by atoms with van der Waals surface area (Å²) in [4.78, 5) is 12.2. The lowest BCUT2D eigenvalue weighted by Crippen LogP contribution is -2.43. The van der Waals surface area contributed by atoms with Crippen molar-refractivity contribution < 1.29 is 4.79 Å². The van der Waals surface area contributed by atoms with Crippen LogP contribution in [0.5, 0.6) is 0 Å². The first-order valence-corrected chi connectivity index (χ1v) is 7.08. The molecule has 0 radical (unpaired) electrons.